The summed E-state index contributed by atoms with van der Waals surface area (Å²) in [5.74, 6) is 1.42. The van der Waals surface area contributed by atoms with Crippen LogP contribution in [0.25, 0.3) is 11.0 Å². The quantitative estimate of drug-likeness (QED) is 0.492. The predicted molar refractivity (Wildman–Crippen MR) is 117 cm³/mol. The van der Waals surface area contributed by atoms with Gasteiger partial charge in [-0.1, -0.05) is 19.1 Å². The van der Waals surface area contributed by atoms with Gasteiger partial charge in [0.15, 0.2) is 0 Å². The Bertz CT molecular complexity index is 1020. The first-order valence-corrected chi connectivity index (χ1v) is 10.4. The Morgan fingerprint density at radius 3 is 2.10 bits per heavy atom. The molecule has 0 unspecified atom stereocenters. The van der Waals surface area contributed by atoms with Gasteiger partial charge in [0.05, 0.1) is 24.2 Å². The minimum atomic E-state index is -0.107. The van der Waals surface area contributed by atoms with E-state index in [2.05, 4.69) is 5.32 Å². The molecule has 0 saturated carbocycles. The number of nitrogens with one attached hydrogen (secondary N) is 1. The lowest BCUT2D eigenvalue weighted by atomic mass is 10.3. The van der Waals surface area contributed by atoms with Gasteiger partial charge in [-0.05, 0) is 49.7 Å². The molecule has 0 saturated heterocycles. The van der Waals surface area contributed by atoms with E-state index in [4.69, 9.17) is 9.47 Å². The number of fused-ring (bicyclic) bond motifs is 1. The van der Waals surface area contributed by atoms with Crippen molar-refractivity contribution >= 4 is 16.9 Å². The van der Waals surface area contributed by atoms with E-state index in [1.165, 1.54) is 0 Å². The molecular weight excluding hydrogens is 382 g/mol. The van der Waals surface area contributed by atoms with Crippen LogP contribution in [0.5, 0.6) is 11.5 Å². The first kappa shape index (κ1) is 21.5. The molecule has 30 heavy (non-hydrogen) atoms. The molecule has 0 aliphatic heterocycles. The summed E-state index contributed by atoms with van der Waals surface area (Å²) in [6.07, 6.45) is 1.12. The van der Waals surface area contributed by atoms with Crippen LogP contribution in [0.3, 0.4) is 0 Å². The number of aryl methyl sites for hydroxylation is 2. The highest BCUT2D eigenvalue weighted by Crippen LogP contribution is 2.17. The maximum atomic E-state index is 12.7. The summed E-state index contributed by atoms with van der Waals surface area (Å²) in [4.78, 5) is 25.0. The number of rotatable bonds is 11. The Hall–Kier alpha value is -3.22. The van der Waals surface area contributed by atoms with Crippen LogP contribution >= 0.6 is 0 Å². The second-order valence-corrected chi connectivity index (χ2v) is 6.93. The van der Waals surface area contributed by atoms with Gasteiger partial charge >= 0.3 is 5.69 Å². The summed E-state index contributed by atoms with van der Waals surface area (Å²) in [7, 11) is 0. The van der Waals surface area contributed by atoms with Gasteiger partial charge < -0.3 is 14.8 Å². The number of aromatic nitrogens is 2. The highest BCUT2D eigenvalue weighted by molar-refractivity contribution is 5.78. The van der Waals surface area contributed by atoms with E-state index in [-0.39, 0.29) is 18.0 Å². The second-order valence-electron chi connectivity index (χ2n) is 6.93. The molecule has 1 N–H and O–H groups in total. The van der Waals surface area contributed by atoms with Crippen molar-refractivity contribution in [1.82, 2.24) is 14.5 Å². The molecule has 3 rings (SSSR count). The number of amides is 1. The minimum absolute atomic E-state index is 0.0651. The highest BCUT2D eigenvalue weighted by Gasteiger charge is 2.13. The van der Waals surface area contributed by atoms with E-state index in [1.807, 2.05) is 62.4 Å². The van der Waals surface area contributed by atoms with Crippen molar-refractivity contribution in [3.8, 4) is 11.5 Å². The van der Waals surface area contributed by atoms with Gasteiger partial charge in [-0.15, -0.1) is 0 Å². The van der Waals surface area contributed by atoms with Gasteiger partial charge in [0.2, 0.25) is 5.91 Å². The summed E-state index contributed by atoms with van der Waals surface area (Å²) in [5, 5.41) is 2.84. The molecule has 1 aromatic heterocycles. The topological polar surface area (TPSA) is 74.5 Å². The van der Waals surface area contributed by atoms with Crippen LogP contribution in [0.4, 0.5) is 0 Å². The van der Waals surface area contributed by atoms with E-state index < -0.39 is 0 Å². The number of nitrogens with zero attached hydrogens (tertiary/aromatic N) is 2. The maximum absolute atomic E-state index is 12.7. The van der Waals surface area contributed by atoms with Gasteiger partial charge in [-0.2, -0.15) is 0 Å². The van der Waals surface area contributed by atoms with Crippen molar-refractivity contribution in [3.63, 3.8) is 0 Å². The average Bonchev–Trinajstić information content (AvgIpc) is 3.02. The smallest absolute Gasteiger partial charge is 0.329 e. The number of carbonyl (C=O) groups is 1. The summed E-state index contributed by atoms with van der Waals surface area (Å²) in [6, 6.07) is 15.1. The fourth-order valence-corrected chi connectivity index (χ4v) is 3.39. The number of benzene rings is 2. The van der Waals surface area contributed by atoms with E-state index >= 15 is 0 Å². The molecular formula is C23H29N3O4. The normalized spacial score (nSPS) is 10.9. The maximum Gasteiger partial charge on any atom is 0.329 e. The lowest BCUT2D eigenvalue weighted by Crippen LogP contribution is -2.31. The van der Waals surface area contributed by atoms with Crippen LogP contribution in [-0.2, 0) is 17.9 Å². The zero-order chi connectivity index (χ0) is 21.3. The Morgan fingerprint density at radius 1 is 0.900 bits per heavy atom. The van der Waals surface area contributed by atoms with Gasteiger partial charge in [0.25, 0.3) is 0 Å². The number of para-hydroxylation sites is 2. The zero-order valence-electron chi connectivity index (χ0n) is 17.6. The number of hydrogen-bond acceptors (Lipinski definition) is 4. The fourth-order valence-electron chi connectivity index (χ4n) is 3.39. The monoisotopic (exact) mass is 411 g/mol. The summed E-state index contributed by atoms with van der Waals surface area (Å²) in [5.41, 5.74) is 1.71. The third-order valence-electron chi connectivity index (χ3n) is 4.76. The largest absolute Gasteiger partial charge is 0.494 e. The molecule has 0 spiro atoms. The minimum Gasteiger partial charge on any atom is -0.494 e. The molecule has 0 radical (unpaired) electrons. The van der Waals surface area contributed by atoms with Crippen LogP contribution in [0.1, 0.15) is 26.7 Å². The van der Waals surface area contributed by atoms with E-state index in [0.29, 0.717) is 32.8 Å². The highest BCUT2D eigenvalue weighted by atomic mass is 16.5. The molecule has 0 bridgehead atoms. The molecule has 1 amide bonds. The summed E-state index contributed by atoms with van der Waals surface area (Å²) >= 11 is 0. The van der Waals surface area contributed by atoms with E-state index in [9.17, 15) is 9.59 Å². The van der Waals surface area contributed by atoms with Gasteiger partial charge in [0.1, 0.15) is 18.1 Å². The lowest BCUT2D eigenvalue weighted by Gasteiger charge is -2.09. The third kappa shape index (κ3) is 5.23. The first-order valence-electron chi connectivity index (χ1n) is 10.4. The molecule has 0 aliphatic rings. The third-order valence-corrected chi connectivity index (χ3v) is 4.76. The predicted octanol–water partition coefficient (Wildman–Crippen LogP) is 3.20. The Morgan fingerprint density at radius 2 is 1.50 bits per heavy atom. The van der Waals surface area contributed by atoms with Crippen LogP contribution in [0.2, 0.25) is 0 Å². The molecule has 0 fully saturated rings. The number of carbonyl (C=O) groups excluding carboxylic acids is 1. The van der Waals surface area contributed by atoms with Crippen molar-refractivity contribution in [1.29, 1.82) is 0 Å². The molecule has 160 valence electrons. The standard InChI is InChI=1S/C23H29N3O4/c1-3-15-25-20-7-5-6-8-21(20)26(23(25)28)16-13-22(27)24-14-17-30-19-11-9-18(10-12-19)29-4-2/h5-12H,3-4,13-17H2,1-2H3,(H,24,27). The van der Waals surface area contributed by atoms with Gasteiger partial charge in [0, 0.05) is 19.5 Å². The second kappa shape index (κ2) is 10.5. The van der Waals surface area contributed by atoms with Crippen molar-refractivity contribution < 1.29 is 14.3 Å². The van der Waals surface area contributed by atoms with Crippen molar-refractivity contribution in [2.75, 3.05) is 19.8 Å². The molecule has 7 nitrogen and oxygen atoms in total. The first-order chi connectivity index (χ1) is 14.6. The van der Waals surface area contributed by atoms with E-state index in [0.717, 1.165) is 29.0 Å². The van der Waals surface area contributed by atoms with Gasteiger partial charge in [-0.3, -0.25) is 13.9 Å². The SMILES string of the molecule is CCCn1c(=O)n(CCC(=O)NCCOc2ccc(OCC)cc2)c2ccccc21. The molecule has 1 heterocycles. The van der Waals surface area contributed by atoms with Gasteiger partial charge in [-0.25, -0.2) is 4.79 Å². The average molecular weight is 412 g/mol. The van der Waals surface area contributed by atoms with E-state index in [1.54, 1.807) is 9.13 Å². The fraction of sp³-hybridized carbons (Fsp3) is 0.391. The van der Waals surface area contributed by atoms with Crippen LogP contribution in [0, 0.1) is 0 Å². The van der Waals surface area contributed by atoms with Crippen LogP contribution in [0.15, 0.2) is 53.3 Å². The zero-order valence-corrected chi connectivity index (χ0v) is 17.6. The Labute approximate surface area is 176 Å². The molecule has 3 aromatic rings. The number of hydrogen-bond donors (Lipinski definition) is 1. The number of ether oxygens (including phenoxy) is 2. The van der Waals surface area contributed by atoms with Crippen molar-refractivity contribution in [2.24, 2.45) is 0 Å². The molecule has 0 aliphatic carbocycles. The Kier molecular flexibility index (Phi) is 7.54. The molecule has 7 heteroatoms. The summed E-state index contributed by atoms with van der Waals surface area (Å²) < 4.78 is 14.5. The van der Waals surface area contributed by atoms with Crippen molar-refractivity contribution in [3.05, 3.63) is 59.0 Å². The molecule has 2 aromatic carbocycles. The lowest BCUT2D eigenvalue weighted by molar-refractivity contribution is -0.121. The van der Waals surface area contributed by atoms with Crippen LogP contribution in [-0.4, -0.2) is 34.8 Å². The Balaban J connectivity index is 1.48. The summed E-state index contributed by atoms with van der Waals surface area (Å²) in [6.45, 7) is 6.39. The molecule has 0 atom stereocenters. The number of imidazole rings is 1. The van der Waals surface area contributed by atoms with Crippen LogP contribution < -0.4 is 20.5 Å². The van der Waals surface area contributed by atoms with Crippen molar-refractivity contribution in [2.45, 2.75) is 39.8 Å².